The van der Waals surface area contributed by atoms with Crippen LogP contribution < -0.4 is 16.0 Å². The average Bonchev–Trinajstić information content (AvgIpc) is 3.50. The topological polar surface area (TPSA) is 103 Å². The number of amides is 3. The zero-order chi connectivity index (χ0) is 26.2. The van der Waals surface area contributed by atoms with Crippen LogP contribution in [0.4, 0.5) is 0 Å². The van der Waals surface area contributed by atoms with Gasteiger partial charge in [-0.05, 0) is 51.1 Å². The number of benzene rings is 1. The van der Waals surface area contributed by atoms with Crippen molar-refractivity contribution in [2.24, 2.45) is 5.92 Å². The van der Waals surface area contributed by atoms with Crippen molar-refractivity contribution < 1.29 is 14.4 Å². The lowest BCUT2D eigenvalue weighted by Gasteiger charge is -2.28. The molecular weight excluding hydrogens is 498 g/mol. The molecule has 196 valence electrons. The number of fused-ring (bicyclic) bond motifs is 1. The van der Waals surface area contributed by atoms with Gasteiger partial charge in [0.05, 0.1) is 15.2 Å². The quantitative estimate of drug-likeness (QED) is 0.363. The Morgan fingerprint density at radius 2 is 1.94 bits per heavy atom. The van der Waals surface area contributed by atoms with Gasteiger partial charge in [-0.15, -0.1) is 11.3 Å². The Morgan fingerprint density at radius 3 is 2.61 bits per heavy atom. The number of nitrogens with one attached hydrogen (secondary N) is 3. The number of hydrogen-bond acceptors (Lipinski definition) is 6. The Labute approximate surface area is 221 Å². The number of likely N-dealkylation sites (N-methyl/N-ethyl adjacent to an activating group) is 1. The first-order valence-electron chi connectivity index (χ1n) is 12.4. The van der Waals surface area contributed by atoms with Crippen LogP contribution in [-0.2, 0) is 20.8 Å². The smallest absolute Gasteiger partial charge is 0.247 e. The van der Waals surface area contributed by atoms with E-state index in [1.807, 2.05) is 31.1 Å². The maximum absolute atomic E-state index is 13.5. The third kappa shape index (κ3) is 8.01. The highest BCUT2D eigenvalue weighted by atomic mass is 35.5. The maximum Gasteiger partial charge on any atom is 0.247 e. The Morgan fingerprint density at radius 1 is 1.22 bits per heavy atom. The third-order valence-corrected chi connectivity index (χ3v) is 7.63. The molecule has 10 heteroatoms. The van der Waals surface area contributed by atoms with E-state index in [-0.39, 0.29) is 42.5 Å². The summed E-state index contributed by atoms with van der Waals surface area (Å²) < 4.78 is 0.933. The summed E-state index contributed by atoms with van der Waals surface area (Å²) in [5.41, 5.74) is 1.28. The van der Waals surface area contributed by atoms with Crippen LogP contribution in [-0.4, -0.2) is 66.9 Å². The Hall–Kier alpha value is -2.49. The van der Waals surface area contributed by atoms with Crippen molar-refractivity contribution in [3.63, 3.8) is 0 Å². The molecule has 0 aliphatic heterocycles. The largest absolute Gasteiger partial charge is 0.350 e. The summed E-state index contributed by atoms with van der Waals surface area (Å²) in [4.78, 5) is 44.7. The predicted molar refractivity (Wildman–Crippen MR) is 145 cm³/mol. The number of nitrogens with zero attached hydrogens (tertiary/aromatic N) is 2. The van der Waals surface area contributed by atoms with E-state index < -0.39 is 6.04 Å². The Kier molecular flexibility index (Phi) is 10.3. The van der Waals surface area contributed by atoms with Crippen molar-refractivity contribution in [1.82, 2.24) is 25.8 Å². The monoisotopic (exact) mass is 533 g/mol. The fourth-order valence-corrected chi connectivity index (χ4v) is 5.76. The fourth-order valence-electron chi connectivity index (χ4n) is 4.47. The molecule has 0 spiro atoms. The molecule has 1 fully saturated rings. The predicted octanol–water partition coefficient (Wildman–Crippen LogP) is 3.30. The Bertz CT molecular complexity index is 1100. The van der Waals surface area contributed by atoms with Crippen molar-refractivity contribution >= 4 is 50.9 Å². The highest BCUT2D eigenvalue weighted by Crippen LogP contribution is 2.28. The van der Waals surface area contributed by atoms with Gasteiger partial charge >= 0.3 is 0 Å². The minimum atomic E-state index is -0.767. The minimum Gasteiger partial charge on any atom is -0.350 e. The van der Waals surface area contributed by atoms with Gasteiger partial charge in [0.2, 0.25) is 17.7 Å². The molecule has 1 aliphatic rings. The van der Waals surface area contributed by atoms with Crippen LogP contribution in [0.1, 0.15) is 44.0 Å². The molecule has 0 saturated heterocycles. The lowest BCUT2D eigenvalue weighted by molar-refractivity contribution is -0.129. The first-order valence-corrected chi connectivity index (χ1v) is 13.6. The summed E-state index contributed by atoms with van der Waals surface area (Å²) in [6, 6.07) is 4.48. The van der Waals surface area contributed by atoms with Crippen LogP contribution in [0, 0.1) is 5.92 Å². The lowest BCUT2D eigenvalue weighted by Crippen LogP contribution is -2.54. The minimum absolute atomic E-state index is 0.204. The molecule has 36 heavy (non-hydrogen) atoms. The van der Waals surface area contributed by atoms with E-state index >= 15 is 0 Å². The molecule has 2 atom stereocenters. The molecule has 1 heterocycles. The molecule has 1 aromatic heterocycles. The highest BCUT2D eigenvalue weighted by Gasteiger charge is 2.30. The van der Waals surface area contributed by atoms with Crippen molar-refractivity contribution in [2.75, 3.05) is 27.2 Å². The number of carbonyl (C=O) groups is 3. The summed E-state index contributed by atoms with van der Waals surface area (Å²) in [5, 5.41) is 10.3. The second-order valence-electron chi connectivity index (χ2n) is 9.61. The SMILES string of the molecule is C=C(CN(C)C)C(=O)NC[C@@H](NC(=O)[C@H](Cc1nc2ccc(Cl)cc2s1)NC(=O)CC)C1CCCC1. The summed E-state index contributed by atoms with van der Waals surface area (Å²) >= 11 is 7.57. The third-order valence-electron chi connectivity index (χ3n) is 6.35. The van der Waals surface area contributed by atoms with Crippen LogP contribution in [0.15, 0.2) is 30.4 Å². The van der Waals surface area contributed by atoms with E-state index in [9.17, 15) is 14.4 Å². The molecular formula is C26H36ClN5O3S. The van der Waals surface area contributed by atoms with Crippen LogP contribution in [0.5, 0.6) is 0 Å². The van der Waals surface area contributed by atoms with Gasteiger partial charge in [0, 0.05) is 42.6 Å². The normalized spacial score (nSPS) is 15.6. The van der Waals surface area contributed by atoms with Crippen molar-refractivity contribution in [3.05, 3.63) is 40.4 Å². The van der Waals surface area contributed by atoms with E-state index in [1.54, 1.807) is 13.0 Å². The van der Waals surface area contributed by atoms with E-state index in [0.717, 1.165) is 40.9 Å². The summed E-state index contributed by atoms with van der Waals surface area (Å²) in [6.45, 7) is 6.40. The Balaban J connectivity index is 1.72. The molecule has 0 radical (unpaired) electrons. The van der Waals surface area contributed by atoms with E-state index in [0.29, 0.717) is 23.7 Å². The van der Waals surface area contributed by atoms with Gasteiger partial charge in [-0.25, -0.2) is 4.98 Å². The van der Waals surface area contributed by atoms with Gasteiger partial charge in [-0.1, -0.05) is 37.9 Å². The molecule has 3 N–H and O–H groups in total. The van der Waals surface area contributed by atoms with Gasteiger partial charge in [0.15, 0.2) is 0 Å². The fraction of sp³-hybridized carbons (Fsp3) is 0.538. The molecule has 0 bridgehead atoms. The first kappa shape index (κ1) is 28.1. The molecule has 3 amide bonds. The second-order valence-corrected chi connectivity index (χ2v) is 11.2. The van der Waals surface area contributed by atoms with Crippen molar-refractivity contribution in [2.45, 2.75) is 57.5 Å². The zero-order valence-corrected chi connectivity index (χ0v) is 22.8. The van der Waals surface area contributed by atoms with Gasteiger partial charge in [-0.2, -0.15) is 0 Å². The second kappa shape index (κ2) is 13.2. The first-order chi connectivity index (χ1) is 17.2. The highest BCUT2D eigenvalue weighted by molar-refractivity contribution is 7.18. The number of carbonyl (C=O) groups excluding carboxylic acids is 3. The zero-order valence-electron chi connectivity index (χ0n) is 21.2. The number of aromatic nitrogens is 1. The molecule has 1 aromatic carbocycles. The van der Waals surface area contributed by atoms with Gasteiger partial charge < -0.3 is 20.9 Å². The van der Waals surface area contributed by atoms with Crippen LogP contribution in [0.25, 0.3) is 10.2 Å². The van der Waals surface area contributed by atoms with E-state index in [2.05, 4.69) is 27.5 Å². The average molecular weight is 534 g/mol. The number of rotatable bonds is 12. The maximum atomic E-state index is 13.5. The van der Waals surface area contributed by atoms with Gasteiger partial charge in [0.1, 0.15) is 6.04 Å². The molecule has 1 aliphatic carbocycles. The summed E-state index contributed by atoms with van der Waals surface area (Å²) in [6.07, 6.45) is 4.73. The van der Waals surface area contributed by atoms with Crippen molar-refractivity contribution in [1.29, 1.82) is 0 Å². The van der Waals surface area contributed by atoms with Crippen molar-refractivity contribution in [3.8, 4) is 0 Å². The summed E-state index contributed by atoms with van der Waals surface area (Å²) in [7, 11) is 3.76. The van der Waals surface area contributed by atoms with Crippen LogP contribution in [0.2, 0.25) is 5.02 Å². The summed E-state index contributed by atoms with van der Waals surface area (Å²) in [5.74, 6) is -0.425. The lowest BCUT2D eigenvalue weighted by atomic mass is 9.97. The molecule has 2 aromatic rings. The van der Waals surface area contributed by atoms with Gasteiger partial charge in [-0.3, -0.25) is 14.4 Å². The molecule has 8 nitrogen and oxygen atoms in total. The number of hydrogen-bond donors (Lipinski definition) is 3. The standard InChI is InChI=1S/C26H36ClN5O3S/c1-5-23(33)29-20(13-24-30-19-11-10-18(27)12-22(19)36-24)26(35)31-21(17-8-6-7-9-17)14-28-25(34)16(2)15-32(3)4/h10-12,17,20-21H,2,5-9,13-15H2,1,3-4H3,(H,28,34)(H,29,33)(H,31,35)/t20-,21+/m0/s1. The number of thiazole rings is 1. The van der Waals surface area contributed by atoms with E-state index in [1.165, 1.54) is 11.3 Å². The van der Waals surface area contributed by atoms with E-state index in [4.69, 9.17) is 11.6 Å². The van der Waals surface area contributed by atoms with Crippen LogP contribution in [0.3, 0.4) is 0 Å². The molecule has 3 rings (SSSR count). The van der Waals surface area contributed by atoms with Gasteiger partial charge in [0.25, 0.3) is 0 Å². The number of halogens is 1. The van der Waals surface area contributed by atoms with Crippen LogP contribution >= 0.6 is 22.9 Å². The molecule has 0 unspecified atom stereocenters. The molecule has 1 saturated carbocycles.